The summed E-state index contributed by atoms with van der Waals surface area (Å²) in [7, 11) is 0. The zero-order chi connectivity index (χ0) is 7.68. The van der Waals surface area contributed by atoms with E-state index in [1.54, 1.807) is 0 Å². The number of hydrogen-bond donors (Lipinski definition) is 1. The monoisotopic (exact) mass is 166 g/mol. The molecule has 0 aromatic heterocycles. The maximum atomic E-state index is 9.55. The van der Waals surface area contributed by atoms with Crippen LogP contribution < -0.4 is 0 Å². The van der Waals surface area contributed by atoms with Crippen LogP contribution in [0.1, 0.15) is 18.1 Å². The van der Waals surface area contributed by atoms with E-state index in [1.165, 1.54) is 4.90 Å². The summed E-state index contributed by atoms with van der Waals surface area (Å²) < 4.78 is 0. The summed E-state index contributed by atoms with van der Waals surface area (Å²) in [4.78, 5) is 1.24. The van der Waals surface area contributed by atoms with Gasteiger partial charge in [-0.3, -0.25) is 0 Å². The van der Waals surface area contributed by atoms with E-state index >= 15 is 0 Å². The van der Waals surface area contributed by atoms with Gasteiger partial charge in [0, 0.05) is 10.6 Å². The van der Waals surface area contributed by atoms with Crippen molar-refractivity contribution in [3.05, 3.63) is 29.8 Å². The second-order valence-electron chi connectivity index (χ2n) is 2.69. The number of thioether (sulfide) groups is 1. The maximum Gasteiger partial charge on any atom is 0.0808 e. The molecule has 0 amide bonds. The molecule has 0 spiro atoms. The smallest absolute Gasteiger partial charge is 0.0808 e. The molecule has 1 heterocycles. The zero-order valence-electron chi connectivity index (χ0n) is 6.16. The van der Waals surface area contributed by atoms with E-state index < -0.39 is 0 Å². The van der Waals surface area contributed by atoms with E-state index in [2.05, 4.69) is 6.07 Å². The summed E-state index contributed by atoms with van der Waals surface area (Å²) in [6, 6.07) is 8.08. The minimum absolute atomic E-state index is 0.229. The summed E-state index contributed by atoms with van der Waals surface area (Å²) in [5.74, 6) is 1.04. The molecule has 0 aliphatic carbocycles. The van der Waals surface area contributed by atoms with Crippen LogP contribution in [0, 0.1) is 0 Å². The van der Waals surface area contributed by atoms with Crippen molar-refractivity contribution < 1.29 is 5.11 Å². The lowest BCUT2D eigenvalue weighted by molar-refractivity contribution is 0.170. The average Bonchev–Trinajstić information content (AvgIpc) is 2.06. The average molecular weight is 166 g/mol. The Kier molecular flexibility index (Phi) is 1.88. The molecule has 58 valence electrons. The molecule has 1 aliphatic heterocycles. The third-order valence-corrected chi connectivity index (χ3v) is 3.05. The van der Waals surface area contributed by atoms with E-state index in [0.29, 0.717) is 0 Å². The molecule has 11 heavy (non-hydrogen) atoms. The Balaban J connectivity index is 2.44. The number of aliphatic hydroxyl groups excluding tert-OH is 1. The highest BCUT2D eigenvalue weighted by atomic mass is 32.2. The van der Waals surface area contributed by atoms with E-state index in [9.17, 15) is 5.11 Å². The van der Waals surface area contributed by atoms with Gasteiger partial charge in [0.15, 0.2) is 0 Å². The molecule has 1 aliphatic rings. The first-order valence-electron chi connectivity index (χ1n) is 3.78. The Labute approximate surface area is 70.4 Å². The van der Waals surface area contributed by atoms with Gasteiger partial charge in [0.25, 0.3) is 0 Å². The van der Waals surface area contributed by atoms with Crippen LogP contribution in [-0.2, 0) is 0 Å². The standard InChI is InChI=1S/C9H10OS/c10-8-5-6-11-9-4-2-1-3-7(8)9/h1-4,8,10H,5-6H2. The predicted molar refractivity (Wildman–Crippen MR) is 46.7 cm³/mol. The van der Waals surface area contributed by atoms with E-state index in [1.807, 2.05) is 30.0 Å². The van der Waals surface area contributed by atoms with Gasteiger partial charge in [-0.2, -0.15) is 0 Å². The number of aliphatic hydroxyl groups is 1. The van der Waals surface area contributed by atoms with Gasteiger partial charge >= 0.3 is 0 Å². The van der Waals surface area contributed by atoms with E-state index in [0.717, 1.165) is 17.7 Å². The van der Waals surface area contributed by atoms with Gasteiger partial charge in [0.05, 0.1) is 6.10 Å². The number of fused-ring (bicyclic) bond motifs is 1. The third kappa shape index (κ3) is 1.28. The summed E-state index contributed by atoms with van der Waals surface area (Å²) in [6.45, 7) is 0. The molecule has 1 aromatic carbocycles. The van der Waals surface area contributed by atoms with E-state index in [4.69, 9.17) is 0 Å². The molecule has 0 bridgehead atoms. The number of benzene rings is 1. The van der Waals surface area contributed by atoms with Crippen LogP contribution in [0.15, 0.2) is 29.2 Å². The lowest BCUT2D eigenvalue weighted by Gasteiger charge is -2.19. The highest BCUT2D eigenvalue weighted by Gasteiger charge is 2.16. The fourth-order valence-electron chi connectivity index (χ4n) is 1.32. The Bertz CT molecular complexity index is 259. The normalized spacial score (nSPS) is 22.8. The minimum atomic E-state index is -0.229. The second-order valence-corrected chi connectivity index (χ2v) is 3.83. The fraction of sp³-hybridized carbons (Fsp3) is 0.333. The van der Waals surface area contributed by atoms with E-state index in [-0.39, 0.29) is 6.10 Å². The molecule has 0 radical (unpaired) electrons. The van der Waals surface area contributed by atoms with Crippen molar-refractivity contribution in [3.8, 4) is 0 Å². The predicted octanol–water partition coefficient (Wildman–Crippen LogP) is 2.22. The lowest BCUT2D eigenvalue weighted by Crippen LogP contribution is -2.05. The highest BCUT2D eigenvalue weighted by molar-refractivity contribution is 7.99. The SMILES string of the molecule is OC1CCSc2ccccc21. The molecule has 2 rings (SSSR count). The molecule has 2 heteroatoms. The van der Waals surface area contributed by atoms with Crippen LogP contribution in [0.3, 0.4) is 0 Å². The van der Waals surface area contributed by atoms with Gasteiger partial charge in [-0.05, 0) is 18.1 Å². The molecule has 0 saturated heterocycles. The van der Waals surface area contributed by atoms with Crippen molar-refractivity contribution in [1.29, 1.82) is 0 Å². The van der Waals surface area contributed by atoms with Gasteiger partial charge in [0.1, 0.15) is 0 Å². The van der Waals surface area contributed by atoms with Gasteiger partial charge in [0.2, 0.25) is 0 Å². The summed E-state index contributed by atoms with van der Waals surface area (Å²) in [6.07, 6.45) is 0.661. The molecule has 1 nitrogen and oxygen atoms in total. The molecular formula is C9H10OS. The Hall–Kier alpha value is -0.470. The third-order valence-electron chi connectivity index (χ3n) is 1.93. The lowest BCUT2D eigenvalue weighted by atomic mass is 10.1. The second kappa shape index (κ2) is 2.88. The molecular weight excluding hydrogens is 156 g/mol. The van der Waals surface area contributed by atoms with Gasteiger partial charge in [-0.1, -0.05) is 18.2 Å². The van der Waals surface area contributed by atoms with Crippen LogP contribution in [-0.4, -0.2) is 10.9 Å². The topological polar surface area (TPSA) is 20.2 Å². The van der Waals surface area contributed by atoms with Crippen molar-refractivity contribution in [2.75, 3.05) is 5.75 Å². The van der Waals surface area contributed by atoms with Crippen LogP contribution in [0.5, 0.6) is 0 Å². The summed E-state index contributed by atoms with van der Waals surface area (Å²) in [5.41, 5.74) is 1.10. The highest BCUT2D eigenvalue weighted by Crippen LogP contribution is 2.35. The first kappa shape index (κ1) is 7.19. The summed E-state index contributed by atoms with van der Waals surface area (Å²) in [5, 5.41) is 9.55. The van der Waals surface area contributed by atoms with Crippen LogP contribution in [0.4, 0.5) is 0 Å². The number of hydrogen-bond acceptors (Lipinski definition) is 2. The van der Waals surface area contributed by atoms with Crippen molar-refractivity contribution in [2.24, 2.45) is 0 Å². The van der Waals surface area contributed by atoms with Gasteiger partial charge in [-0.25, -0.2) is 0 Å². The first-order chi connectivity index (χ1) is 5.38. The molecule has 1 unspecified atom stereocenters. The number of rotatable bonds is 0. The van der Waals surface area contributed by atoms with Crippen LogP contribution >= 0.6 is 11.8 Å². The Morgan fingerprint density at radius 3 is 3.00 bits per heavy atom. The van der Waals surface area contributed by atoms with Crippen LogP contribution in [0.2, 0.25) is 0 Å². The molecule has 1 N–H and O–H groups in total. The fourth-order valence-corrected chi connectivity index (χ4v) is 2.43. The van der Waals surface area contributed by atoms with Gasteiger partial charge < -0.3 is 5.11 Å². The zero-order valence-corrected chi connectivity index (χ0v) is 6.97. The molecule has 1 atom stereocenters. The Morgan fingerprint density at radius 2 is 2.18 bits per heavy atom. The van der Waals surface area contributed by atoms with Gasteiger partial charge in [-0.15, -0.1) is 11.8 Å². The van der Waals surface area contributed by atoms with Crippen LogP contribution in [0.25, 0.3) is 0 Å². The van der Waals surface area contributed by atoms with Crippen molar-refractivity contribution in [2.45, 2.75) is 17.4 Å². The van der Waals surface area contributed by atoms with Crippen molar-refractivity contribution in [1.82, 2.24) is 0 Å². The largest absolute Gasteiger partial charge is 0.388 e. The van der Waals surface area contributed by atoms with Crippen molar-refractivity contribution >= 4 is 11.8 Å². The molecule has 0 saturated carbocycles. The molecule has 0 fully saturated rings. The Morgan fingerprint density at radius 1 is 1.36 bits per heavy atom. The molecule has 1 aromatic rings. The maximum absolute atomic E-state index is 9.55. The first-order valence-corrected chi connectivity index (χ1v) is 4.76. The quantitative estimate of drug-likeness (QED) is 0.637. The minimum Gasteiger partial charge on any atom is -0.388 e. The van der Waals surface area contributed by atoms with Crippen molar-refractivity contribution in [3.63, 3.8) is 0 Å². The summed E-state index contributed by atoms with van der Waals surface area (Å²) >= 11 is 1.83.